The highest BCUT2D eigenvalue weighted by atomic mass is 32.1. The van der Waals surface area contributed by atoms with E-state index in [1.807, 2.05) is 82.3 Å². The molecule has 0 N–H and O–H groups in total. The molecule has 1 aliphatic rings. The van der Waals surface area contributed by atoms with Gasteiger partial charge < -0.3 is 4.74 Å². The minimum absolute atomic E-state index is 0.208. The van der Waals surface area contributed by atoms with E-state index in [2.05, 4.69) is 4.99 Å². The molecule has 5 aromatic rings. The van der Waals surface area contributed by atoms with Crippen molar-refractivity contribution in [3.05, 3.63) is 113 Å². The van der Waals surface area contributed by atoms with Crippen LogP contribution in [0.3, 0.4) is 0 Å². The molecule has 37 heavy (non-hydrogen) atoms. The SMILES string of the molecule is COC(=O)C1=C(C)N=c2s/c(=C/c3cn(-c4ccccc4)nc3-c3cccs3)c(=O)n2C1c1cccs1. The molecule has 0 aliphatic carbocycles. The highest BCUT2D eigenvalue weighted by Gasteiger charge is 2.33. The molecule has 1 aromatic carbocycles. The Hall–Kier alpha value is -3.86. The number of carbonyl (C=O) groups is 1. The van der Waals surface area contributed by atoms with Gasteiger partial charge in [-0.15, -0.1) is 22.7 Å². The fourth-order valence-corrected chi connectivity index (χ4v) is 6.95. The summed E-state index contributed by atoms with van der Waals surface area (Å²) in [5.74, 6) is -0.488. The number of carbonyl (C=O) groups excluding carboxylic acids is 1. The number of benzene rings is 1. The van der Waals surface area contributed by atoms with Crippen molar-refractivity contribution in [1.82, 2.24) is 14.3 Å². The third-order valence-corrected chi connectivity index (χ3v) is 8.83. The molecule has 5 heterocycles. The number of aromatic nitrogens is 3. The van der Waals surface area contributed by atoms with Crippen molar-refractivity contribution in [2.45, 2.75) is 13.0 Å². The first-order valence-electron chi connectivity index (χ1n) is 11.4. The van der Waals surface area contributed by atoms with Crippen LogP contribution in [0.5, 0.6) is 0 Å². The van der Waals surface area contributed by atoms with E-state index < -0.39 is 12.0 Å². The summed E-state index contributed by atoms with van der Waals surface area (Å²) in [6.45, 7) is 1.78. The lowest BCUT2D eigenvalue weighted by Crippen LogP contribution is -2.39. The Balaban J connectivity index is 1.56. The molecule has 184 valence electrons. The number of fused-ring (bicyclic) bond motifs is 1. The van der Waals surface area contributed by atoms with Crippen LogP contribution in [0.15, 0.2) is 92.6 Å². The van der Waals surface area contributed by atoms with Gasteiger partial charge in [-0.05, 0) is 48.0 Å². The van der Waals surface area contributed by atoms with Crippen molar-refractivity contribution in [3.8, 4) is 16.3 Å². The van der Waals surface area contributed by atoms with E-state index in [1.54, 1.807) is 22.8 Å². The summed E-state index contributed by atoms with van der Waals surface area (Å²) in [4.78, 5) is 33.7. The first-order valence-corrected chi connectivity index (χ1v) is 14.0. The van der Waals surface area contributed by atoms with Gasteiger partial charge in [0.05, 0.1) is 33.5 Å². The highest BCUT2D eigenvalue weighted by Crippen LogP contribution is 2.33. The molecular weight excluding hydrogens is 525 g/mol. The topological polar surface area (TPSA) is 78.5 Å². The van der Waals surface area contributed by atoms with E-state index in [4.69, 9.17) is 9.84 Å². The quantitative estimate of drug-likeness (QED) is 0.308. The molecule has 6 rings (SSSR count). The van der Waals surface area contributed by atoms with E-state index in [9.17, 15) is 9.59 Å². The number of allylic oxidation sites excluding steroid dienone is 1. The van der Waals surface area contributed by atoms with Crippen molar-refractivity contribution >= 4 is 46.1 Å². The van der Waals surface area contributed by atoms with Crippen LogP contribution in [-0.4, -0.2) is 27.4 Å². The van der Waals surface area contributed by atoms with Crippen molar-refractivity contribution in [3.63, 3.8) is 0 Å². The van der Waals surface area contributed by atoms with Crippen molar-refractivity contribution in [2.24, 2.45) is 4.99 Å². The Morgan fingerprint density at radius 1 is 1.05 bits per heavy atom. The van der Waals surface area contributed by atoms with Crippen LogP contribution in [0.1, 0.15) is 23.4 Å². The summed E-state index contributed by atoms with van der Waals surface area (Å²) in [5, 5.41) is 8.78. The number of methoxy groups -OCH3 is 1. The summed E-state index contributed by atoms with van der Waals surface area (Å²) >= 11 is 4.39. The number of ether oxygens (including phenoxy) is 1. The standard InChI is InChI=1S/C27H20N4O3S3/c1-16-22(26(33)34-2)24(20-11-7-13-36-20)31-25(32)21(37-27(31)28-16)14-17-15-30(18-8-4-3-5-9-18)29-23(17)19-10-6-12-35-19/h3-15,24H,1-2H3/b21-14+. The number of rotatable bonds is 5. The molecular formula is C27H20N4O3S3. The average molecular weight is 545 g/mol. The first kappa shape index (κ1) is 23.5. The molecule has 1 aliphatic heterocycles. The first-order chi connectivity index (χ1) is 18.0. The van der Waals surface area contributed by atoms with Gasteiger partial charge in [0.1, 0.15) is 11.7 Å². The average Bonchev–Trinajstić information content (AvgIpc) is 3.72. The van der Waals surface area contributed by atoms with Crippen molar-refractivity contribution in [1.29, 1.82) is 0 Å². The molecule has 0 saturated carbocycles. The summed E-state index contributed by atoms with van der Waals surface area (Å²) in [6, 6.07) is 17.1. The monoisotopic (exact) mass is 544 g/mol. The van der Waals surface area contributed by atoms with Gasteiger partial charge >= 0.3 is 5.97 Å². The molecule has 4 aromatic heterocycles. The third kappa shape index (κ3) is 4.12. The van der Waals surface area contributed by atoms with Gasteiger partial charge in [0.2, 0.25) is 0 Å². The second kappa shape index (κ2) is 9.55. The predicted molar refractivity (Wildman–Crippen MR) is 147 cm³/mol. The van der Waals surface area contributed by atoms with Gasteiger partial charge in [-0.3, -0.25) is 9.36 Å². The van der Waals surface area contributed by atoms with E-state index in [0.29, 0.717) is 20.6 Å². The third-order valence-electron chi connectivity index (χ3n) is 6.04. The van der Waals surface area contributed by atoms with Gasteiger partial charge in [-0.1, -0.05) is 41.7 Å². The number of hydrogen-bond donors (Lipinski definition) is 0. The van der Waals surface area contributed by atoms with Crippen LogP contribution in [0.2, 0.25) is 0 Å². The van der Waals surface area contributed by atoms with E-state index >= 15 is 0 Å². The smallest absolute Gasteiger partial charge is 0.338 e. The van der Waals surface area contributed by atoms with Crippen LogP contribution in [0.25, 0.3) is 22.3 Å². The number of thiazole rings is 1. The van der Waals surface area contributed by atoms with Crippen LogP contribution in [0, 0.1) is 0 Å². The van der Waals surface area contributed by atoms with Gasteiger partial charge in [0, 0.05) is 16.6 Å². The lowest BCUT2D eigenvalue weighted by molar-refractivity contribution is -0.136. The number of para-hydroxylation sites is 1. The number of hydrogen-bond acceptors (Lipinski definition) is 8. The van der Waals surface area contributed by atoms with Crippen molar-refractivity contribution in [2.75, 3.05) is 7.11 Å². The number of thiophene rings is 2. The van der Waals surface area contributed by atoms with E-state index in [-0.39, 0.29) is 5.56 Å². The van der Waals surface area contributed by atoms with Crippen LogP contribution in [0.4, 0.5) is 0 Å². The maximum atomic E-state index is 13.8. The Morgan fingerprint density at radius 3 is 2.54 bits per heavy atom. The van der Waals surface area contributed by atoms with Gasteiger partial charge in [-0.2, -0.15) is 5.10 Å². The molecule has 1 atom stereocenters. The molecule has 7 nitrogen and oxygen atoms in total. The lowest BCUT2D eigenvalue weighted by Gasteiger charge is -2.22. The second-order valence-corrected chi connectivity index (χ2v) is 11.2. The molecule has 10 heteroatoms. The predicted octanol–water partition coefficient (Wildman–Crippen LogP) is 4.38. The summed E-state index contributed by atoms with van der Waals surface area (Å²) in [7, 11) is 1.34. The molecule has 0 radical (unpaired) electrons. The number of nitrogens with zero attached hydrogens (tertiary/aromatic N) is 4. The minimum Gasteiger partial charge on any atom is -0.466 e. The lowest BCUT2D eigenvalue weighted by atomic mass is 10.0. The summed E-state index contributed by atoms with van der Waals surface area (Å²) in [5.41, 5.74) is 3.27. The summed E-state index contributed by atoms with van der Waals surface area (Å²) < 4.78 is 9.01. The van der Waals surface area contributed by atoms with Crippen LogP contribution < -0.4 is 14.9 Å². The fourth-order valence-electron chi connectivity index (χ4n) is 4.36. The Labute approximate surface area is 223 Å². The molecule has 0 amide bonds. The zero-order chi connectivity index (χ0) is 25.5. The molecule has 0 fully saturated rings. The van der Waals surface area contributed by atoms with Gasteiger partial charge in [0.25, 0.3) is 5.56 Å². The van der Waals surface area contributed by atoms with E-state index in [1.165, 1.54) is 29.8 Å². The zero-order valence-electron chi connectivity index (χ0n) is 19.8. The number of esters is 1. The largest absolute Gasteiger partial charge is 0.466 e. The van der Waals surface area contributed by atoms with Crippen LogP contribution >= 0.6 is 34.0 Å². The van der Waals surface area contributed by atoms with E-state index in [0.717, 1.165) is 26.7 Å². The summed E-state index contributed by atoms with van der Waals surface area (Å²) in [6.07, 6.45) is 3.80. The van der Waals surface area contributed by atoms with Crippen molar-refractivity contribution < 1.29 is 9.53 Å². The maximum Gasteiger partial charge on any atom is 0.338 e. The Bertz CT molecular complexity index is 1810. The second-order valence-electron chi connectivity index (χ2n) is 8.28. The van der Waals surface area contributed by atoms with Gasteiger partial charge in [0.15, 0.2) is 4.80 Å². The zero-order valence-corrected chi connectivity index (χ0v) is 22.3. The molecule has 0 saturated heterocycles. The molecule has 1 unspecified atom stereocenters. The Kier molecular flexibility index (Phi) is 6.07. The van der Waals surface area contributed by atoms with Crippen LogP contribution in [-0.2, 0) is 9.53 Å². The highest BCUT2D eigenvalue weighted by molar-refractivity contribution is 7.13. The Morgan fingerprint density at radius 2 is 1.84 bits per heavy atom. The fraction of sp³-hybridized carbons (Fsp3) is 0.111. The molecule has 0 bridgehead atoms. The van der Waals surface area contributed by atoms with Gasteiger partial charge in [-0.25, -0.2) is 14.5 Å². The normalized spacial score (nSPS) is 15.5. The maximum absolute atomic E-state index is 13.8. The molecule has 0 spiro atoms. The minimum atomic E-state index is -0.588.